The fourth-order valence-electron chi connectivity index (χ4n) is 14.5. The number of hydrogen-bond acceptors (Lipinski definition) is 2. The molecule has 340 valence electrons. The molecule has 5 aromatic rings. The summed E-state index contributed by atoms with van der Waals surface area (Å²) in [7, 11) is 0. The van der Waals surface area contributed by atoms with Crippen molar-refractivity contribution >= 4 is 57.2 Å². The molecule has 3 aliphatic carbocycles. The normalized spacial score (nSPS) is 21.0. The summed E-state index contributed by atoms with van der Waals surface area (Å²) in [4.78, 5) is 5.50. The maximum absolute atomic E-state index is 2.77. The van der Waals surface area contributed by atoms with E-state index in [0.717, 1.165) is 12.8 Å². The van der Waals surface area contributed by atoms with Crippen LogP contribution in [-0.2, 0) is 43.3 Å². The average molecular weight is 863 g/mol. The molecule has 0 unspecified atom stereocenters. The molecule has 0 fully saturated rings. The molecule has 5 aliphatic rings. The Balaban J connectivity index is 1.38. The molecule has 0 amide bonds. The van der Waals surface area contributed by atoms with Crippen molar-refractivity contribution in [1.29, 1.82) is 0 Å². The Kier molecular flexibility index (Phi) is 9.10. The van der Waals surface area contributed by atoms with E-state index >= 15 is 0 Å². The van der Waals surface area contributed by atoms with Gasteiger partial charge in [0.2, 0.25) is 0 Å². The van der Waals surface area contributed by atoms with Crippen molar-refractivity contribution in [2.45, 2.75) is 207 Å². The second kappa shape index (κ2) is 13.3. The van der Waals surface area contributed by atoms with Gasteiger partial charge in [-0.1, -0.05) is 155 Å². The van der Waals surface area contributed by atoms with Crippen LogP contribution in [-0.4, -0.2) is 6.71 Å². The molecule has 10 rings (SSSR count). The molecule has 5 aromatic carbocycles. The van der Waals surface area contributed by atoms with E-state index in [1.165, 1.54) is 113 Å². The Hall–Kier alpha value is -4.24. The molecule has 2 nitrogen and oxygen atoms in total. The number of rotatable bonds is 2. The third-order valence-corrected chi connectivity index (χ3v) is 17.7. The highest BCUT2D eigenvalue weighted by molar-refractivity contribution is 7.00. The third-order valence-electron chi connectivity index (χ3n) is 17.7. The summed E-state index contributed by atoms with van der Waals surface area (Å²) >= 11 is 0. The van der Waals surface area contributed by atoms with Crippen LogP contribution in [0.1, 0.15) is 206 Å². The lowest BCUT2D eigenvalue weighted by Gasteiger charge is -2.48. The van der Waals surface area contributed by atoms with Crippen LogP contribution in [0.4, 0.5) is 34.1 Å². The van der Waals surface area contributed by atoms with Gasteiger partial charge in [0.1, 0.15) is 0 Å². The summed E-state index contributed by atoms with van der Waals surface area (Å²) < 4.78 is 0. The van der Waals surface area contributed by atoms with E-state index < -0.39 is 0 Å². The van der Waals surface area contributed by atoms with Gasteiger partial charge in [-0.15, -0.1) is 0 Å². The molecule has 2 aliphatic heterocycles. The van der Waals surface area contributed by atoms with Gasteiger partial charge in [0.05, 0.1) is 0 Å². The molecule has 0 saturated carbocycles. The van der Waals surface area contributed by atoms with Crippen LogP contribution in [0.5, 0.6) is 0 Å². The van der Waals surface area contributed by atoms with Crippen molar-refractivity contribution in [3.8, 4) is 0 Å². The first-order valence-corrected chi connectivity index (χ1v) is 25.2. The predicted molar refractivity (Wildman–Crippen MR) is 284 cm³/mol. The van der Waals surface area contributed by atoms with Crippen LogP contribution in [0.3, 0.4) is 0 Å². The Morgan fingerprint density at radius 2 is 0.877 bits per heavy atom. The Morgan fingerprint density at radius 1 is 0.415 bits per heavy atom. The summed E-state index contributed by atoms with van der Waals surface area (Å²) in [5.74, 6) is 0. The molecule has 0 radical (unpaired) electrons. The van der Waals surface area contributed by atoms with Gasteiger partial charge in [0, 0.05) is 34.1 Å². The molecule has 0 aromatic heterocycles. The van der Waals surface area contributed by atoms with E-state index in [-0.39, 0.29) is 50.0 Å². The molecular weight excluding hydrogens is 784 g/mol. The predicted octanol–water partition coefficient (Wildman–Crippen LogP) is 15.2. The highest BCUT2D eigenvalue weighted by Crippen LogP contribution is 2.57. The lowest BCUT2D eigenvalue weighted by atomic mass is 9.33. The van der Waals surface area contributed by atoms with Crippen LogP contribution < -0.4 is 26.2 Å². The molecule has 0 spiro atoms. The fourth-order valence-corrected chi connectivity index (χ4v) is 14.5. The molecule has 0 atom stereocenters. The largest absolute Gasteiger partial charge is 0.311 e. The van der Waals surface area contributed by atoms with Gasteiger partial charge in [0.15, 0.2) is 0 Å². The molecule has 65 heavy (non-hydrogen) atoms. The number of hydrogen-bond donors (Lipinski definition) is 0. The summed E-state index contributed by atoms with van der Waals surface area (Å²) in [6, 6.07) is 28.4. The number of benzene rings is 5. The zero-order valence-electron chi connectivity index (χ0n) is 44.2. The zero-order chi connectivity index (χ0) is 47.3. The quantitative estimate of drug-likeness (QED) is 0.160. The summed E-state index contributed by atoms with van der Waals surface area (Å²) in [5.41, 5.74) is 27.4. The summed E-state index contributed by atoms with van der Waals surface area (Å²) in [5, 5.41) is 0. The summed E-state index contributed by atoms with van der Waals surface area (Å²) in [6.45, 7) is 49.0. The molecule has 2 heterocycles. The van der Waals surface area contributed by atoms with Crippen molar-refractivity contribution in [1.82, 2.24) is 0 Å². The Morgan fingerprint density at radius 3 is 1.46 bits per heavy atom. The van der Waals surface area contributed by atoms with Crippen molar-refractivity contribution in [2.75, 3.05) is 9.80 Å². The molecule has 3 heteroatoms. The zero-order valence-corrected chi connectivity index (χ0v) is 44.2. The molecule has 0 bridgehead atoms. The average Bonchev–Trinajstić information content (AvgIpc) is 3.49. The number of aryl methyl sites for hydroxylation is 1. The Labute approximate surface area is 395 Å². The second-order valence-corrected chi connectivity index (χ2v) is 27.7. The van der Waals surface area contributed by atoms with Crippen molar-refractivity contribution in [2.24, 2.45) is 0 Å². The van der Waals surface area contributed by atoms with E-state index in [9.17, 15) is 0 Å². The van der Waals surface area contributed by atoms with Crippen LogP contribution in [0.2, 0.25) is 0 Å². The number of fused-ring (bicyclic) bond motifs is 7. The minimum atomic E-state index is -0.0912. The fraction of sp³-hybridized carbons (Fsp3) is 0.516. The van der Waals surface area contributed by atoms with E-state index in [0.29, 0.717) is 0 Å². The molecular formula is C62H79BN2. The van der Waals surface area contributed by atoms with Crippen molar-refractivity contribution in [3.63, 3.8) is 0 Å². The first-order valence-electron chi connectivity index (χ1n) is 25.2. The number of anilines is 6. The maximum Gasteiger partial charge on any atom is 0.252 e. The Bertz CT molecular complexity index is 2860. The standard InChI is InChI=1S/C62H79BN2/c1-36-27-41-44(61(17,18)34-60(41,15)16)32-48(36)65-50-33-43-42(57(9,10)25-26-58(43,11)12)31-46(50)63-45-23-21-38(55(3,4)5)28-49(45)64(51-29-39(56(6,7)8)30-52(65)54(51)63)47-24-22-40-53(37(47)2)62(19,20)35-59(40,13)14/h21-24,27-33H,25-26,34-35H2,1-20H3. The minimum Gasteiger partial charge on any atom is -0.311 e. The lowest BCUT2D eigenvalue weighted by molar-refractivity contribution is 0.332. The highest BCUT2D eigenvalue weighted by atomic mass is 15.2. The smallest absolute Gasteiger partial charge is 0.252 e. The van der Waals surface area contributed by atoms with E-state index in [1.807, 2.05) is 0 Å². The van der Waals surface area contributed by atoms with Gasteiger partial charge < -0.3 is 9.80 Å². The maximum atomic E-state index is 2.77. The summed E-state index contributed by atoms with van der Waals surface area (Å²) in [6.07, 6.45) is 4.68. The van der Waals surface area contributed by atoms with Crippen LogP contribution in [0, 0.1) is 13.8 Å². The van der Waals surface area contributed by atoms with Gasteiger partial charge in [-0.05, 0) is 191 Å². The van der Waals surface area contributed by atoms with Gasteiger partial charge in [-0.3, -0.25) is 0 Å². The SMILES string of the molecule is Cc1cc2c(cc1N1c3cc4c(cc3B3c5ccc(C(C)(C)C)cc5N(c5ccc6c(c5C)C(C)(C)CC6(C)C)c5cc(C(C)(C)C)cc1c53)C(C)(C)CCC4(C)C)C(C)(C)CC2(C)C. The second-order valence-electron chi connectivity index (χ2n) is 27.7. The monoisotopic (exact) mass is 863 g/mol. The first-order chi connectivity index (χ1) is 29.8. The van der Waals surface area contributed by atoms with Crippen molar-refractivity contribution < 1.29 is 0 Å². The van der Waals surface area contributed by atoms with Gasteiger partial charge >= 0.3 is 0 Å². The van der Waals surface area contributed by atoms with Gasteiger partial charge in [-0.2, -0.15) is 0 Å². The topological polar surface area (TPSA) is 6.48 Å². The van der Waals surface area contributed by atoms with Gasteiger partial charge in [0.25, 0.3) is 6.71 Å². The van der Waals surface area contributed by atoms with E-state index in [1.54, 1.807) is 5.56 Å². The number of nitrogens with zero attached hydrogens (tertiary/aromatic N) is 2. The molecule has 0 N–H and O–H groups in total. The molecule has 0 saturated heterocycles. The highest BCUT2D eigenvalue weighted by Gasteiger charge is 2.50. The van der Waals surface area contributed by atoms with Crippen molar-refractivity contribution in [3.05, 3.63) is 122 Å². The first kappa shape index (κ1) is 44.6. The van der Waals surface area contributed by atoms with Gasteiger partial charge in [-0.25, -0.2) is 0 Å². The van der Waals surface area contributed by atoms with E-state index in [4.69, 9.17) is 0 Å². The van der Waals surface area contributed by atoms with Crippen LogP contribution in [0.15, 0.2) is 66.7 Å². The van der Waals surface area contributed by atoms with Crippen LogP contribution in [0.25, 0.3) is 0 Å². The van der Waals surface area contributed by atoms with E-state index in [2.05, 4.69) is 215 Å². The minimum absolute atomic E-state index is 0.0121. The van der Waals surface area contributed by atoms with Crippen LogP contribution >= 0.6 is 0 Å². The third kappa shape index (κ3) is 6.38. The lowest BCUT2D eigenvalue weighted by Crippen LogP contribution is -2.62.